The molecule has 8 nitrogen and oxygen atoms in total. The zero-order valence-electron chi connectivity index (χ0n) is 19.7. The van der Waals surface area contributed by atoms with Crippen molar-refractivity contribution in [2.75, 3.05) is 5.32 Å². The normalized spacial score (nSPS) is 11.5. The van der Waals surface area contributed by atoms with Crippen LogP contribution < -0.4 is 5.32 Å². The number of fused-ring (bicyclic) bond motifs is 2. The van der Waals surface area contributed by atoms with Crippen molar-refractivity contribution in [3.63, 3.8) is 0 Å². The van der Waals surface area contributed by atoms with Crippen molar-refractivity contribution < 1.29 is 4.79 Å². The van der Waals surface area contributed by atoms with Crippen LogP contribution in [0, 0.1) is 5.92 Å². The van der Waals surface area contributed by atoms with E-state index in [4.69, 9.17) is 0 Å². The van der Waals surface area contributed by atoms with Crippen LogP contribution in [0.2, 0.25) is 0 Å². The number of H-pyrrole nitrogens is 2. The Balaban J connectivity index is 1.38. The lowest BCUT2D eigenvalue weighted by atomic mass is 10.1. The van der Waals surface area contributed by atoms with Gasteiger partial charge in [-0.15, -0.1) is 11.3 Å². The zero-order valence-corrected chi connectivity index (χ0v) is 20.6. The summed E-state index contributed by atoms with van der Waals surface area (Å²) in [6.07, 6.45) is 9.35. The van der Waals surface area contributed by atoms with E-state index in [1.807, 2.05) is 44.4 Å². The van der Waals surface area contributed by atoms with Crippen LogP contribution in [0.1, 0.15) is 20.3 Å². The van der Waals surface area contributed by atoms with E-state index in [1.54, 1.807) is 29.9 Å². The average Bonchev–Trinajstić information content (AvgIpc) is 3.62. The van der Waals surface area contributed by atoms with Crippen molar-refractivity contribution in [3.8, 4) is 33.1 Å². The number of rotatable bonds is 6. The quantitative estimate of drug-likeness (QED) is 0.253. The first-order valence-electron chi connectivity index (χ1n) is 11.7. The molecule has 6 aromatic heterocycles. The van der Waals surface area contributed by atoms with Gasteiger partial charge in [-0.05, 0) is 35.6 Å². The third-order valence-corrected chi connectivity index (χ3v) is 6.85. The largest absolute Gasteiger partial charge is 0.352 e. The highest BCUT2D eigenvalue weighted by Crippen LogP contribution is 2.35. The number of carbonyl (C=O) groups is 1. The second kappa shape index (κ2) is 9.01. The number of carbonyl (C=O) groups excluding carboxylic acids is 1. The van der Waals surface area contributed by atoms with Crippen LogP contribution in [0.15, 0.2) is 66.7 Å². The van der Waals surface area contributed by atoms with E-state index in [9.17, 15) is 4.79 Å². The van der Waals surface area contributed by atoms with Crippen LogP contribution in [-0.2, 0) is 4.79 Å². The highest BCUT2D eigenvalue weighted by Gasteiger charge is 2.16. The molecule has 0 aliphatic heterocycles. The third kappa shape index (κ3) is 4.14. The van der Waals surface area contributed by atoms with E-state index in [1.165, 1.54) is 4.88 Å². The van der Waals surface area contributed by atoms with E-state index in [0.29, 0.717) is 12.1 Å². The lowest BCUT2D eigenvalue weighted by molar-refractivity contribution is -0.116. The Hall–Kier alpha value is -4.37. The molecular weight excluding hydrogens is 470 g/mol. The third-order valence-electron chi connectivity index (χ3n) is 5.95. The summed E-state index contributed by atoms with van der Waals surface area (Å²) >= 11 is 1.69. The molecule has 0 fully saturated rings. The summed E-state index contributed by atoms with van der Waals surface area (Å²) in [6.45, 7) is 4.03. The topological polar surface area (TPSA) is 112 Å². The fraction of sp³-hybridized carbons (Fsp3) is 0.148. The maximum atomic E-state index is 12.2. The molecule has 36 heavy (non-hydrogen) atoms. The highest BCUT2D eigenvalue weighted by atomic mass is 32.1. The molecule has 178 valence electrons. The van der Waals surface area contributed by atoms with E-state index in [0.717, 1.165) is 50.0 Å². The molecule has 0 radical (unpaired) electrons. The molecule has 0 aliphatic carbocycles. The monoisotopic (exact) mass is 493 g/mol. The summed E-state index contributed by atoms with van der Waals surface area (Å²) in [4.78, 5) is 30.2. The molecule has 0 saturated heterocycles. The fourth-order valence-corrected chi connectivity index (χ4v) is 5.07. The second-order valence-electron chi connectivity index (χ2n) is 9.10. The molecule has 9 heteroatoms. The van der Waals surface area contributed by atoms with Crippen molar-refractivity contribution in [2.24, 2.45) is 5.92 Å². The molecule has 0 unspecified atom stereocenters. The van der Waals surface area contributed by atoms with Crippen LogP contribution >= 0.6 is 11.3 Å². The summed E-state index contributed by atoms with van der Waals surface area (Å²) < 4.78 is 0. The van der Waals surface area contributed by atoms with Crippen LogP contribution in [0.3, 0.4) is 0 Å². The van der Waals surface area contributed by atoms with Gasteiger partial charge in [-0.3, -0.25) is 24.8 Å². The fourth-order valence-electron chi connectivity index (χ4n) is 4.32. The first-order chi connectivity index (χ1) is 17.5. The number of aromatic nitrogens is 6. The standard InChI is InChI=1S/C27H23N7OS/c1-15(2)6-26(35)31-17-7-16(10-28-11-17)21-9-19-24(14-30-21)33-34-27(19)22-8-18-20(25-4-3-5-36-25)12-29-13-23(18)32-22/h3-5,7-15,32H,6H2,1-2H3,(H,31,35)(H,33,34). The molecule has 0 bridgehead atoms. The van der Waals surface area contributed by atoms with Crippen LogP contribution in [0.5, 0.6) is 0 Å². The molecule has 0 aromatic carbocycles. The number of nitrogens with zero attached hydrogens (tertiary/aromatic N) is 4. The number of hydrogen-bond acceptors (Lipinski definition) is 6. The summed E-state index contributed by atoms with van der Waals surface area (Å²) in [6, 6.07) is 10.1. The minimum absolute atomic E-state index is 0.0281. The number of amides is 1. The molecule has 1 amide bonds. The molecule has 0 saturated carbocycles. The van der Waals surface area contributed by atoms with Crippen molar-refractivity contribution in [3.05, 3.63) is 66.7 Å². The lowest BCUT2D eigenvalue weighted by Crippen LogP contribution is -2.13. The van der Waals surface area contributed by atoms with Gasteiger partial charge in [-0.25, -0.2) is 0 Å². The molecule has 6 aromatic rings. The Morgan fingerprint density at radius 2 is 1.92 bits per heavy atom. The predicted molar refractivity (Wildman–Crippen MR) is 144 cm³/mol. The van der Waals surface area contributed by atoms with Gasteiger partial charge < -0.3 is 10.3 Å². The van der Waals surface area contributed by atoms with Crippen molar-refractivity contribution in [2.45, 2.75) is 20.3 Å². The van der Waals surface area contributed by atoms with Crippen LogP contribution in [0.4, 0.5) is 5.69 Å². The first-order valence-corrected chi connectivity index (χ1v) is 12.5. The SMILES string of the molecule is CC(C)CC(=O)Nc1cncc(-c2cc3c(-c4cc5c(-c6cccs6)cncc5[nH]4)n[nH]c3cn2)c1. The van der Waals surface area contributed by atoms with E-state index >= 15 is 0 Å². The number of anilines is 1. The first kappa shape index (κ1) is 22.1. The Kier molecular flexibility index (Phi) is 5.54. The summed E-state index contributed by atoms with van der Waals surface area (Å²) in [5.41, 5.74) is 6.78. The Morgan fingerprint density at radius 3 is 2.75 bits per heavy atom. The second-order valence-corrected chi connectivity index (χ2v) is 10.1. The summed E-state index contributed by atoms with van der Waals surface area (Å²) in [5, 5.41) is 14.7. The maximum Gasteiger partial charge on any atom is 0.224 e. The van der Waals surface area contributed by atoms with Gasteiger partial charge in [0.15, 0.2) is 0 Å². The Labute approximate surface area is 210 Å². The van der Waals surface area contributed by atoms with Crippen molar-refractivity contribution >= 4 is 44.7 Å². The van der Waals surface area contributed by atoms with Crippen molar-refractivity contribution in [1.82, 2.24) is 30.1 Å². The van der Waals surface area contributed by atoms with E-state index in [-0.39, 0.29) is 11.8 Å². The van der Waals surface area contributed by atoms with Gasteiger partial charge in [-0.1, -0.05) is 19.9 Å². The molecule has 0 atom stereocenters. The van der Waals surface area contributed by atoms with Gasteiger partial charge in [0.1, 0.15) is 5.69 Å². The maximum absolute atomic E-state index is 12.2. The van der Waals surface area contributed by atoms with Crippen LogP contribution in [-0.4, -0.2) is 36.0 Å². The number of pyridine rings is 3. The molecular formula is C27H23N7OS. The average molecular weight is 494 g/mol. The molecule has 6 rings (SSSR count). The molecule has 0 aliphatic rings. The Bertz CT molecular complexity index is 1700. The Morgan fingerprint density at radius 1 is 1.03 bits per heavy atom. The van der Waals surface area contributed by atoms with E-state index < -0.39 is 0 Å². The minimum atomic E-state index is -0.0281. The van der Waals surface area contributed by atoms with E-state index in [2.05, 4.69) is 53.0 Å². The van der Waals surface area contributed by atoms with Gasteiger partial charge >= 0.3 is 0 Å². The molecule has 0 spiro atoms. The number of aromatic amines is 2. The minimum Gasteiger partial charge on any atom is -0.352 e. The van der Waals surface area contributed by atoms with Gasteiger partial charge in [0, 0.05) is 45.6 Å². The van der Waals surface area contributed by atoms with Gasteiger partial charge in [0.05, 0.1) is 46.7 Å². The smallest absolute Gasteiger partial charge is 0.224 e. The molecule has 6 heterocycles. The summed E-state index contributed by atoms with van der Waals surface area (Å²) in [5.74, 6) is 0.256. The lowest BCUT2D eigenvalue weighted by Gasteiger charge is -2.08. The predicted octanol–water partition coefficient (Wildman–Crippen LogP) is 6.28. The number of thiophene rings is 1. The van der Waals surface area contributed by atoms with Crippen LogP contribution in [0.25, 0.3) is 54.9 Å². The van der Waals surface area contributed by atoms with Gasteiger partial charge in [-0.2, -0.15) is 5.10 Å². The zero-order chi connectivity index (χ0) is 24.6. The summed E-state index contributed by atoms with van der Waals surface area (Å²) in [7, 11) is 0. The highest BCUT2D eigenvalue weighted by molar-refractivity contribution is 7.13. The van der Waals surface area contributed by atoms with Gasteiger partial charge in [0.25, 0.3) is 0 Å². The molecule has 3 N–H and O–H groups in total. The van der Waals surface area contributed by atoms with Gasteiger partial charge in [0.2, 0.25) is 5.91 Å². The number of nitrogens with one attached hydrogen (secondary N) is 3. The number of hydrogen-bond donors (Lipinski definition) is 3. The van der Waals surface area contributed by atoms with Crippen molar-refractivity contribution in [1.29, 1.82) is 0 Å².